The van der Waals surface area contributed by atoms with Gasteiger partial charge in [0.25, 0.3) is 0 Å². The highest BCUT2D eigenvalue weighted by molar-refractivity contribution is 5.40. The number of nitrogen functional groups attached to an aromatic ring is 1. The summed E-state index contributed by atoms with van der Waals surface area (Å²) in [6.45, 7) is 0.601. The minimum Gasteiger partial charge on any atom is -0.384 e. The molecule has 0 saturated carbocycles. The second-order valence-corrected chi connectivity index (χ2v) is 2.91. The minimum absolute atomic E-state index is 0.577. The molecule has 0 bridgehead atoms. The molecular formula is C7H11N7. The summed E-state index contributed by atoms with van der Waals surface area (Å²) in [6, 6.07) is 0. The molecule has 0 aliphatic heterocycles. The van der Waals surface area contributed by atoms with E-state index < -0.39 is 0 Å². The van der Waals surface area contributed by atoms with Gasteiger partial charge >= 0.3 is 0 Å². The van der Waals surface area contributed by atoms with E-state index in [1.807, 2.05) is 7.05 Å². The number of rotatable bonds is 3. The second-order valence-electron chi connectivity index (χ2n) is 2.91. The van der Waals surface area contributed by atoms with Crippen molar-refractivity contribution < 1.29 is 0 Å². The monoisotopic (exact) mass is 193 g/mol. The lowest BCUT2D eigenvalue weighted by Crippen LogP contribution is -2.05. The molecule has 7 nitrogen and oxygen atoms in total. The Hall–Kier alpha value is -2.05. The number of H-pyrrole nitrogens is 1. The van der Waals surface area contributed by atoms with E-state index >= 15 is 0 Å². The molecule has 7 heteroatoms. The molecule has 2 rings (SSSR count). The number of nitrogens with one attached hydrogen (secondary N) is 2. The van der Waals surface area contributed by atoms with E-state index in [9.17, 15) is 0 Å². The van der Waals surface area contributed by atoms with Gasteiger partial charge in [-0.3, -0.25) is 5.10 Å². The van der Waals surface area contributed by atoms with Gasteiger partial charge in [-0.15, -0.1) is 5.10 Å². The maximum absolute atomic E-state index is 5.62. The summed E-state index contributed by atoms with van der Waals surface area (Å²) < 4.78 is 1.65. The van der Waals surface area contributed by atoms with Crippen LogP contribution in [0.2, 0.25) is 0 Å². The van der Waals surface area contributed by atoms with Crippen LogP contribution in [0, 0.1) is 0 Å². The predicted octanol–water partition coefficient (Wildman–Crippen LogP) is -0.268. The summed E-state index contributed by atoms with van der Waals surface area (Å²) in [6.07, 6.45) is 3.34. The van der Waals surface area contributed by atoms with Crippen molar-refractivity contribution in [3.63, 3.8) is 0 Å². The molecule has 0 amide bonds. The van der Waals surface area contributed by atoms with Crippen molar-refractivity contribution in [3.8, 4) is 0 Å². The van der Waals surface area contributed by atoms with Gasteiger partial charge in [-0.2, -0.15) is 5.10 Å². The van der Waals surface area contributed by atoms with E-state index in [1.165, 1.54) is 0 Å². The molecule has 0 saturated heterocycles. The first-order chi connectivity index (χ1) is 6.77. The number of aromatic nitrogens is 5. The van der Waals surface area contributed by atoms with Crippen molar-refractivity contribution in [1.82, 2.24) is 25.2 Å². The van der Waals surface area contributed by atoms with Gasteiger partial charge in [0, 0.05) is 19.2 Å². The molecule has 14 heavy (non-hydrogen) atoms. The standard InChI is InChI=1S/C7H11N7/c1-14-6(4-11-13-14)9-2-5-3-10-12-7(5)8/h3-4,9H,2H2,1H3,(H3,8,10,12). The zero-order chi connectivity index (χ0) is 9.97. The normalized spacial score (nSPS) is 10.4. The lowest BCUT2D eigenvalue weighted by Gasteiger charge is -2.03. The number of hydrogen-bond donors (Lipinski definition) is 3. The highest BCUT2D eigenvalue weighted by Gasteiger charge is 2.02. The van der Waals surface area contributed by atoms with Crippen LogP contribution in [-0.4, -0.2) is 25.2 Å². The third-order valence-corrected chi connectivity index (χ3v) is 1.93. The van der Waals surface area contributed by atoms with Crippen LogP contribution in [0.15, 0.2) is 12.4 Å². The van der Waals surface area contributed by atoms with E-state index in [4.69, 9.17) is 5.73 Å². The van der Waals surface area contributed by atoms with Crippen molar-refractivity contribution >= 4 is 11.6 Å². The number of aromatic amines is 1. The van der Waals surface area contributed by atoms with Crippen LogP contribution in [0.5, 0.6) is 0 Å². The van der Waals surface area contributed by atoms with Crippen molar-refractivity contribution in [2.45, 2.75) is 6.54 Å². The smallest absolute Gasteiger partial charge is 0.144 e. The summed E-state index contributed by atoms with van der Waals surface area (Å²) in [7, 11) is 1.81. The zero-order valence-corrected chi connectivity index (χ0v) is 7.73. The number of hydrogen-bond acceptors (Lipinski definition) is 5. The quantitative estimate of drug-likeness (QED) is 0.623. The van der Waals surface area contributed by atoms with Crippen molar-refractivity contribution in [3.05, 3.63) is 18.0 Å². The Bertz CT molecular complexity index is 375. The minimum atomic E-state index is 0.577. The van der Waals surface area contributed by atoms with Crippen LogP contribution in [0.25, 0.3) is 0 Å². The number of aryl methyl sites for hydroxylation is 1. The average molecular weight is 193 g/mol. The molecule has 2 heterocycles. The molecule has 2 aromatic rings. The fraction of sp³-hybridized carbons (Fsp3) is 0.286. The van der Waals surface area contributed by atoms with E-state index in [1.54, 1.807) is 17.1 Å². The summed E-state index contributed by atoms with van der Waals surface area (Å²) in [5, 5.41) is 17.1. The molecule has 0 aromatic carbocycles. The van der Waals surface area contributed by atoms with Gasteiger partial charge in [-0.1, -0.05) is 5.21 Å². The first kappa shape index (κ1) is 8.54. The van der Waals surface area contributed by atoms with Gasteiger partial charge in [-0.25, -0.2) is 4.68 Å². The average Bonchev–Trinajstić information content (AvgIpc) is 2.72. The summed E-state index contributed by atoms with van der Waals surface area (Å²) in [5.74, 6) is 1.42. The lowest BCUT2D eigenvalue weighted by molar-refractivity contribution is 0.717. The Morgan fingerprint density at radius 1 is 1.57 bits per heavy atom. The third kappa shape index (κ3) is 1.51. The highest BCUT2D eigenvalue weighted by atomic mass is 15.4. The SMILES string of the molecule is Cn1nncc1NCc1cn[nH]c1N. The Labute approximate surface area is 80.3 Å². The molecule has 0 aliphatic rings. The molecule has 0 atom stereocenters. The molecule has 74 valence electrons. The maximum Gasteiger partial charge on any atom is 0.144 e. The Balaban J connectivity index is 2.02. The fourth-order valence-corrected chi connectivity index (χ4v) is 1.10. The van der Waals surface area contributed by atoms with E-state index in [2.05, 4.69) is 25.8 Å². The predicted molar refractivity (Wildman–Crippen MR) is 51.3 cm³/mol. The lowest BCUT2D eigenvalue weighted by atomic mass is 10.3. The zero-order valence-electron chi connectivity index (χ0n) is 7.73. The summed E-state index contributed by atoms with van der Waals surface area (Å²) >= 11 is 0. The van der Waals surface area contributed by atoms with Gasteiger partial charge in [0.1, 0.15) is 11.6 Å². The fourth-order valence-electron chi connectivity index (χ4n) is 1.10. The first-order valence-corrected chi connectivity index (χ1v) is 4.13. The molecule has 0 radical (unpaired) electrons. The van der Waals surface area contributed by atoms with Crippen LogP contribution >= 0.6 is 0 Å². The molecule has 0 unspecified atom stereocenters. The number of anilines is 2. The largest absolute Gasteiger partial charge is 0.384 e. The highest BCUT2D eigenvalue weighted by Crippen LogP contribution is 2.09. The molecule has 2 aromatic heterocycles. The van der Waals surface area contributed by atoms with Crippen LogP contribution in [0.3, 0.4) is 0 Å². The molecule has 0 spiro atoms. The van der Waals surface area contributed by atoms with Crippen LogP contribution in [0.4, 0.5) is 11.6 Å². The topological polar surface area (TPSA) is 97.4 Å². The van der Waals surface area contributed by atoms with Crippen molar-refractivity contribution in [1.29, 1.82) is 0 Å². The van der Waals surface area contributed by atoms with E-state index in [0.29, 0.717) is 12.4 Å². The van der Waals surface area contributed by atoms with Gasteiger partial charge in [0.2, 0.25) is 0 Å². The third-order valence-electron chi connectivity index (χ3n) is 1.93. The molecular weight excluding hydrogens is 182 g/mol. The number of nitrogens with zero attached hydrogens (tertiary/aromatic N) is 4. The second kappa shape index (κ2) is 3.36. The summed E-state index contributed by atoms with van der Waals surface area (Å²) in [4.78, 5) is 0. The van der Waals surface area contributed by atoms with Crippen LogP contribution < -0.4 is 11.1 Å². The molecule has 0 fully saturated rings. The Kier molecular flexibility index (Phi) is 2.05. The molecule has 4 N–H and O–H groups in total. The number of nitrogens with two attached hydrogens (primary N) is 1. The van der Waals surface area contributed by atoms with E-state index in [0.717, 1.165) is 11.4 Å². The van der Waals surface area contributed by atoms with E-state index in [-0.39, 0.29) is 0 Å². The van der Waals surface area contributed by atoms with Crippen molar-refractivity contribution in [2.75, 3.05) is 11.1 Å². The van der Waals surface area contributed by atoms with Gasteiger partial charge in [-0.05, 0) is 0 Å². The van der Waals surface area contributed by atoms with Gasteiger partial charge in [0.05, 0.1) is 12.4 Å². The van der Waals surface area contributed by atoms with Gasteiger partial charge < -0.3 is 11.1 Å². The first-order valence-electron chi connectivity index (χ1n) is 4.13. The van der Waals surface area contributed by atoms with Crippen LogP contribution in [-0.2, 0) is 13.6 Å². The van der Waals surface area contributed by atoms with Crippen LogP contribution in [0.1, 0.15) is 5.56 Å². The Morgan fingerprint density at radius 3 is 3.00 bits per heavy atom. The van der Waals surface area contributed by atoms with Gasteiger partial charge in [0.15, 0.2) is 0 Å². The van der Waals surface area contributed by atoms with Crippen molar-refractivity contribution in [2.24, 2.45) is 7.05 Å². The Morgan fingerprint density at radius 2 is 2.43 bits per heavy atom. The molecule has 0 aliphatic carbocycles. The maximum atomic E-state index is 5.62. The summed E-state index contributed by atoms with van der Waals surface area (Å²) in [5.41, 5.74) is 6.54.